The minimum atomic E-state index is 0.108. The average molecular weight is 183 g/mol. The van der Waals surface area contributed by atoms with Gasteiger partial charge in [0.2, 0.25) is 0 Å². The zero-order valence-corrected chi connectivity index (χ0v) is 8.25. The topological polar surface area (TPSA) is 64.1 Å². The molecular weight excluding hydrogens is 166 g/mol. The van der Waals surface area contributed by atoms with Gasteiger partial charge in [-0.25, -0.2) is 0 Å². The van der Waals surface area contributed by atoms with E-state index in [0.29, 0.717) is 6.54 Å². The number of nitrogens with zero attached hydrogens (tertiary/aromatic N) is 2. The first-order valence-electron chi connectivity index (χ1n) is 4.69. The van der Waals surface area contributed by atoms with Crippen LogP contribution in [0.3, 0.4) is 0 Å². The van der Waals surface area contributed by atoms with Crippen LogP contribution in [0.1, 0.15) is 25.2 Å². The predicted octanol–water partition coefficient (Wildman–Crippen LogP) is 0.582. The van der Waals surface area contributed by atoms with Crippen LogP contribution >= 0.6 is 0 Å². The Morgan fingerprint density at radius 1 is 1.38 bits per heavy atom. The van der Waals surface area contributed by atoms with Crippen molar-refractivity contribution in [1.82, 2.24) is 9.78 Å². The Morgan fingerprint density at radius 3 is 2.54 bits per heavy atom. The first-order chi connectivity index (χ1) is 6.24. The van der Waals surface area contributed by atoms with Crippen molar-refractivity contribution in [3.63, 3.8) is 0 Å². The third-order valence-electron chi connectivity index (χ3n) is 2.16. The van der Waals surface area contributed by atoms with Crippen LogP contribution < -0.4 is 5.73 Å². The minimum Gasteiger partial charge on any atom is -0.396 e. The minimum absolute atomic E-state index is 0.108. The van der Waals surface area contributed by atoms with E-state index in [2.05, 4.69) is 5.10 Å². The monoisotopic (exact) mass is 183 g/mol. The van der Waals surface area contributed by atoms with Gasteiger partial charge in [-0.1, -0.05) is 13.8 Å². The van der Waals surface area contributed by atoms with Gasteiger partial charge in [0.05, 0.1) is 30.2 Å². The average Bonchev–Trinajstić information content (AvgIpc) is 2.43. The molecule has 1 rings (SSSR count). The number of nitrogens with two attached hydrogens (primary N) is 1. The van der Waals surface area contributed by atoms with Crippen molar-refractivity contribution in [2.45, 2.75) is 33.2 Å². The number of hydrogen-bond donors (Lipinski definition) is 2. The maximum atomic E-state index is 8.81. The molecule has 1 aromatic heterocycles. The summed E-state index contributed by atoms with van der Waals surface area (Å²) in [6.45, 7) is 4.72. The lowest BCUT2D eigenvalue weighted by atomic mass is 10.2. The Labute approximate surface area is 78.4 Å². The molecule has 0 aliphatic rings. The molecule has 3 N–H and O–H groups in total. The van der Waals surface area contributed by atoms with Crippen LogP contribution in [0.4, 0.5) is 5.69 Å². The van der Waals surface area contributed by atoms with E-state index in [1.54, 1.807) is 4.68 Å². The smallest absolute Gasteiger partial charge is 0.0854 e. The SMILES string of the molecule is CCc1nn(CCO)c(CC)c1N. The first kappa shape index (κ1) is 10.1. The Hall–Kier alpha value is -1.03. The number of aliphatic hydroxyl groups is 1. The van der Waals surface area contributed by atoms with Gasteiger partial charge in [-0.05, 0) is 12.8 Å². The third-order valence-corrected chi connectivity index (χ3v) is 2.16. The highest BCUT2D eigenvalue weighted by atomic mass is 16.3. The second-order valence-corrected chi connectivity index (χ2v) is 2.96. The highest BCUT2D eigenvalue weighted by molar-refractivity contribution is 5.48. The summed E-state index contributed by atoms with van der Waals surface area (Å²) >= 11 is 0. The number of rotatable bonds is 4. The summed E-state index contributed by atoms with van der Waals surface area (Å²) in [4.78, 5) is 0. The van der Waals surface area contributed by atoms with E-state index in [4.69, 9.17) is 10.8 Å². The molecule has 0 aliphatic carbocycles. The van der Waals surface area contributed by atoms with Gasteiger partial charge in [-0.2, -0.15) is 5.10 Å². The van der Waals surface area contributed by atoms with Crippen molar-refractivity contribution in [1.29, 1.82) is 0 Å². The molecule has 0 aromatic carbocycles. The number of anilines is 1. The molecule has 1 heterocycles. The molecule has 0 saturated heterocycles. The van der Waals surface area contributed by atoms with Crippen LogP contribution in [-0.4, -0.2) is 21.5 Å². The first-order valence-corrected chi connectivity index (χ1v) is 4.69. The molecule has 4 heteroatoms. The fourth-order valence-corrected chi connectivity index (χ4v) is 1.48. The fourth-order valence-electron chi connectivity index (χ4n) is 1.48. The molecule has 4 nitrogen and oxygen atoms in total. The van der Waals surface area contributed by atoms with Gasteiger partial charge in [-0.15, -0.1) is 0 Å². The normalized spacial score (nSPS) is 10.7. The second-order valence-electron chi connectivity index (χ2n) is 2.96. The van der Waals surface area contributed by atoms with E-state index in [9.17, 15) is 0 Å². The van der Waals surface area contributed by atoms with Crippen molar-refractivity contribution < 1.29 is 5.11 Å². The summed E-state index contributed by atoms with van der Waals surface area (Å²) in [6.07, 6.45) is 1.70. The van der Waals surface area contributed by atoms with Crippen molar-refractivity contribution in [3.8, 4) is 0 Å². The van der Waals surface area contributed by atoms with Gasteiger partial charge in [0.15, 0.2) is 0 Å². The van der Waals surface area contributed by atoms with Gasteiger partial charge in [0, 0.05) is 0 Å². The molecule has 1 aromatic rings. The fraction of sp³-hybridized carbons (Fsp3) is 0.667. The molecule has 0 spiro atoms. The van der Waals surface area contributed by atoms with Crippen LogP contribution in [0.2, 0.25) is 0 Å². The third kappa shape index (κ3) is 1.83. The van der Waals surface area contributed by atoms with E-state index in [-0.39, 0.29) is 6.61 Å². The van der Waals surface area contributed by atoms with Crippen molar-refractivity contribution in [3.05, 3.63) is 11.4 Å². The predicted molar refractivity (Wildman–Crippen MR) is 52.5 cm³/mol. The maximum Gasteiger partial charge on any atom is 0.0854 e. The van der Waals surface area contributed by atoms with Crippen molar-refractivity contribution in [2.24, 2.45) is 0 Å². The van der Waals surface area contributed by atoms with Crippen LogP contribution in [0.15, 0.2) is 0 Å². The van der Waals surface area contributed by atoms with Crippen molar-refractivity contribution >= 4 is 5.69 Å². The summed E-state index contributed by atoms with van der Waals surface area (Å²) < 4.78 is 1.80. The number of aromatic nitrogens is 2. The summed E-state index contributed by atoms with van der Waals surface area (Å²) in [5.74, 6) is 0. The molecule has 13 heavy (non-hydrogen) atoms. The van der Waals surface area contributed by atoms with E-state index in [1.165, 1.54) is 0 Å². The van der Waals surface area contributed by atoms with E-state index in [1.807, 2.05) is 13.8 Å². The molecule has 0 aliphatic heterocycles. The quantitative estimate of drug-likeness (QED) is 0.717. The molecule has 0 bridgehead atoms. The molecule has 0 saturated carbocycles. The lowest BCUT2D eigenvalue weighted by Crippen LogP contribution is -2.08. The zero-order valence-electron chi connectivity index (χ0n) is 8.25. The summed E-state index contributed by atoms with van der Waals surface area (Å²) in [5.41, 5.74) is 8.65. The Kier molecular flexibility index (Phi) is 3.31. The van der Waals surface area contributed by atoms with Gasteiger partial charge in [0.25, 0.3) is 0 Å². The van der Waals surface area contributed by atoms with Gasteiger partial charge in [0.1, 0.15) is 0 Å². The lowest BCUT2D eigenvalue weighted by molar-refractivity contribution is 0.267. The van der Waals surface area contributed by atoms with Crippen LogP contribution in [0.5, 0.6) is 0 Å². The Balaban J connectivity index is 3.04. The molecular formula is C9H17N3O. The van der Waals surface area contributed by atoms with Crippen LogP contribution in [0, 0.1) is 0 Å². The van der Waals surface area contributed by atoms with Crippen molar-refractivity contribution in [2.75, 3.05) is 12.3 Å². The van der Waals surface area contributed by atoms with Crippen LogP contribution in [0.25, 0.3) is 0 Å². The largest absolute Gasteiger partial charge is 0.396 e. The number of nitrogen functional groups attached to an aromatic ring is 1. The number of aryl methyl sites for hydroxylation is 1. The molecule has 0 radical (unpaired) electrons. The number of aliphatic hydroxyl groups excluding tert-OH is 1. The summed E-state index contributed by atoms with van der Waals surface area (Å²) in [7, 11) is 0. The molecule has 74 valence electrons. The van der Waals surface area contributed by atoms with E-state index >= 15 is 0 Å². The maximum absolute atomic E-state index is 8.81. The Morgan fingerprint density at radius 2 is 2.08 bits per heavy atom. The standard InChI is InChI=1S/C9H17N3O/c1-3-7-9(10)8(4-2)12(11-7)5-6-13/h13H,3-6,10H2,1-2H3. The Bertz CT molecular complexity index is 281. The molecule has 0 atom stereocenters. The van der Waals surface area contributed by atoms with Gasteiger partial charge >= 0.3 is 0 Å². The molecule has 0 unspecified atom stereocenters. The zero-order chi connectivity index (χ0) is 9.84. The summed E-state index contributed by atoms with van der Waals surface area (Å²) in [6, 6.07) is 0. The lowest BCUT2D eigenvalue weighted by Gasteiger charge is -2.02. The van der Waals surface area contributed by atoms with Gasteiger partial charge in [-0.3, -0.25) is 4.68 Å². The molecule has 0 amide bonds. The molecule has 0 fully saturated rings. The summed E-state index contributed by atoms with van der Waals surface area (Å²) in [5, 5.41) is 13.1. The highest BCUT2D eigenvalue weighted by Crippen LogP contribution is 2.17. The van der Waals surface area contributed by atoms with Crippen LogP contribution in [-0.2, 0) is 19.4 Å². The highest BCUT2D eigenvalue weighted by Gasteiger charge is 2.11. The van der Waals surface area contributed by atoms with E-state index < -0.39 is 0 Å². The van der Waals surface area contributed by atoms with Gasteiger partial charge < -0.3 is 10.8 Å². The van der Waals surface area contributed by atoms with E-state index in [0.717, 1.165) is 29.9 Å². The number of hydrogen-bond acceptors (Lipinski definition) is 3. The second kappa shape index (κ2) is 4.28.